The number of ether oxygens (including phenoxy) is 1. The van der Waals surface area contributed by atoms with Crippen molar-refractivity contribution in [2.45, 2.75) is 24.3 Å². The van der Waals surface area contributed by atoms with E-state index in [1.54, 1.807) is 12.7 Å². The first-order valence-corrected chi connectivity index (χ1v) is 12.1. The summed E-state index contributed by atoms with van der Waals surface area (Å²) >= 11 is 1.97. The Bertz CT molecular complexity index is 1160. The Labute approximate surface area is 192 Å². The molecule has 0 amide bonds. The lowest BCUT2D eigenvalue weighted by Gasteiger charge is -2.36. The van der Waals surface area contributed by atoms with Crippen molar-refractivity contribution in [3.8, 4) is 0 Å². The first-order valence-electron chi connectivity index (χ1n) is 11.2. The van der Waals surface area contributed by atoms with Gasteiger partial charge in [-0.25, -0.2) is 4.99 Å². The van der Waals surface area contributed by atoms with Crippen molar-refractivity contribution in [3.05, 3.63) is 106 Å². The molecule has 5 atom stereocenters. The molecule has 0 bridgehead atoms. The van der Waals surface area contributed by atoms with Gasteiger partial charge in [0.1, 0.15) is 0 Å². The fourth-order valence-electron chi connectivity index (χ4n) is 5.41. The zero-order chi connectivity index (χ0) is 21.7. The summed E-state index contributed by atoms with van der Waals surface area (Å²) in [5.74, 6) is 2.06. The Balaban J connectivity index is 1.41. The molecule has 0 aromatic heterocycles. The van der Waals surface area contributed by atoms with Crippen LogP contribution in [0.15, 0.2) is 111 Å². The largest absolute Gasteiger partial charge is 0.512 e. The number of rotatable bonds is 2. The number of methoxy groups -OCH3 is 1. The molecule has 5 heteroatoms. The van der Waals surface area contributed by atoms with Crippen molar-refractivity contribution in [2.24, 2.45) is 22.7 Å². The molecule has 5 unspecified atom stereocenters. The number of allylic oxidation sites excluding steroid dienone is 12. The molecule has 6 rings (SSSR count). The van der Waals surface area contributed by atoms with Crippen LogP contribution < -0.4 is 5.32 Å². The number of thioether (sulfide) groups is 1. The van der Waals surface area contributed by atoms with Crippen LogP contribution in [0.5, 0.6) is 0 Å². The van der Waals surface area contributed by atoms with E-state index in [9.17, 15) is 5.11 Å². The molecule has 6 aliphatic rings. The molecular weight excluding hydrogens is 416 g/mol. The van der Waals surface area contributed by atoms with Crippen molar-refractivity contribution < 1.29 is 9.84 Å². The van der Waals surface area contributed by atoms with Gasteiger partial charge in [0.2, 0.25) is 5.90 Å². The van der Waals surface area contributed by atoms with Crippen LogP contribution in [0.1, 0.15) is 12.8 Å². The van der Waals surface area contributed by atoms with Gasteiger partial charge in [0, 0.05) is 51.7 Å². The lowest BCUT2D eigenvalue weighted by Crippen LogP contribution is -2.37. The fraction of sp³-hybridized carbons (Fsp3) is 0.296. The van der Waals surface area contributed by atoms with Gasteiger partial charge in [0.25, 0.3) is 0 Å². The predicted molar refractivity (Wildman–Crippen MR) is 131 cm³/mol. The van der Waals surface area contributed by atoms with Crippen LogP contribution >= 0.6 is 11.8 Å². The van der Waals surface area contributed by atoms with E-state index >= 15 is 0 Å². The Morgan fingerprint density at radius 3 is 2.62 bits per heavy atom. The maximum Gasteiger partial charge on any atom is 0.212 e. The molecule has 0 aromatic rings. The molecule has 0 saturated carbocycles. The fourth-order valence-corrected chi connectivity index (χ4v) is 6.86. The summed E-state index contributed by atoms with van der Waals surface area (Å²) in [7, 11) is 1.65. The lowest BCUT2D eigenvalue weighted by atomic mass is 9.69. The van der Waals surface area contributed by atoms with Gasteiger partial charge in [-0.15, -0.1) is 11.8 Å². The molecule has 0 fully saturated rings. The number of aliphatic imine (C=N–C) groups is 1. The van der Waals surface area contributed by atoms with Crippen LogP contribution in [0.2, 0.25) is 0 Å². The average Bonchev–Trinajstić information content (AvgIpc) is 3.22. The minimum absolute atomic E-state index is 0.262. The van der Waals surface area contributed by atoms with Gasteiger partial charge in [-0.3, -0.25) is 0 Å². The number of nitrogens with one attached hydrogen (secondary N) is 1. The molecule has 0 radical (unpaired) electrons. The molecule has 2 heterocycles. The number of nitrogens with zero attached hydrogens (tertiary/aromatic N) is 1. The van der Waals surface area contributed by atoms with Crippen LogP contribution in [-0.2, 0) is 4.74 Å². The van der Waals surface area contributed by atoms with E-state index in [1.807, 2.05) is 23.9 Å². The number of hydrogen-bond acceptors (Lipinski definition) is 5. The molecule has 4 nitrogen and oxygen atoms in total. The Hall–Kier alpha value is -2.92. The van der Waals surface area contributed by atoms with Gasteiger partial charge in [-0.1, -0.05) is 60.8 Å². The van der Waals surface area contributed by atoms with Crippen LogP contribution in [0.25, 0.3) is 0 Å². The first-order chi connectivity index (χ1) is 15.7. The number of fused-ring (bicyclic) bond motifs is 4. The second kappa shape index (κ2) is 7.89. The molecule has 0 spiro atoms. The second-order valence-electron chi connectivity index (χ2n) is 8.74. The Kier molecular flexibility index (Phi) is 4.87. The highest BCUT2D eigenvalue weighted by atomic mass is 32.2. The van der Waals surface area contributed by atoms with Crippen molar-refractivity contribution >= 4 is 17.7 Å². The van der Waals surface area contributed by atoms with Gasteiger partial charge in [0.05, 0.1) is 12.9 Å². The monoisotopic (exact) mass is 442 g/mol. The van der Waals surface area contributed by atoms with Crippen LogP contribution in [-0.4, -0.2) is 29.5 Å². The minimum Gasteiger partial charge on any atom is -0.512 e. The SMILES string of the molecule is COC1=NC(C2=C(O)CCC=C2)NC(C2=CC3=C(C4C=CC=CC4S3)C3C=CC=CC23)=C1. The van der Waals surface area contributed by atoms with Crippen molar-refractivity contribution in [3.63, 3.8) is 0 Å². The van der Waals surface area contributed by atoms with Crippen molar-refractivity contribution in [2.75, 3.05) is 7.11 Å². The van der Waals surface area contributed by atoms with E-state index in [4.69, 9.17) is 9.73 Å². The van der Waals surface area contributed by atoms with Crippen molar-refractivity contribution in [1.29, 1.82) is 0 Å². The third-order valence-corrected chi connectivity index (χ3v) is 8.27. The zero-order valence-electron chi connectivity index (χ0n) is 17.9. The molecule has 32 heavy (non-hydrogen) atoms. The summed E-state index contributed by atoms with van der Waals surface area (Å²) in [6.45, 7) is 0. The summed E-state index contributed by atoms with van der Waals surface area (Å²) in [5.41, 5.74) is 4.63. The normalized spacial score (nSPS) is 34.4. The number of aliphatic hydroxyl groups excluding tert-OH is 1. The van der Waals surface area contributed by atoms with Gasteiger partial charge >= 0.3 is 0 Å². The highest BCUT2D eigenvalue weighted by Crippen LogP contribution is 2.55. The molecule has 2 aliphatic heterocycles. The molecule has 2 N–H and O–H groups in total. The average molecular weight is 443 g/mol. The maximum atomic E-state index is 10.5. The molecule has 4 aliphatic carbocycles. The second-order valence-corrected chi connectivity index (χ2v) is 9.96. The molecule has 0 saturated heterocycles. The van der Waals surface area contributed by atoms with Crippen LogP contribution in [0.3, 0.4) is 0 Å². The van der Waals surface area contributed by atoms with E-state index in [-0.39, 0.29) is 12.1 Å². The molecule has 162 valence electrons. The van der Waals surface area contributed by atoms with E-state index < -0.39 is 0 Å². The summed E-state index contributed by atoms with van der Waals surface area (Å²) in [6.07, 6.45) is 27.6. The smallest absolute Gasteiger partial charge is 0.212 e. The summed E-state index contributed by atoms with van der Waals surface area (Å²) in [4.78, 5) is 6.07. The van der Waals surface area contributed by atoms with E-state index in [2.05, 4.69) is 66.1 Å². The summed E-state index contributed by atoms with van der Waals surface area (Å²) < 4.78 is 5.58. The molecular formula is C27H26N2O2S. The van der Waals surface area contributed by atoms with Gasteiger partial charge in [-0.2, -0.15) is 0 Å². The van der Waals surface area contributed by atoms with E-state index in [1.165, 1.54) is 10.5 Å². The summed E-state index contributed by atoms with van der Waals surface area (Å²) in [5, 5.41) is 14.6. The first kappa shape index (κ1) is 19.7. The standard InChI is InChI=1S/C27H26N2O2S/c1-31-25-15-21(28-27(29-25)18-10-4-6-12-22(18)30)20-14-24-26(17-9-3-2-8-16(17)20)19-11-5-7-13-23(19)32-24/h2-5,7-11,13-17,19,23,27-28,30H,6,12H2,1H3. The van der Waals surface area contributed by atoms with Gasteiger partial charge in [0.15, 0.2) is 6.17 Å². The predicted octanol–water partition coefficient (Wildman–Crippen LogP) is 5.42. The van der Waals surface area contributed by atoms with E-state index in [0.29, 0.717) is 35.2 Å². The lowest BCUT2D eigenvalue weighted by molar-refractivity contribution is 0.369. The summed E-state index contributed by atoms with van der Waals surface area (Å²) in [6, 6.07) is 0. The number of aliphatic hydroxyl groups is 1. The molecule has 0 aromatic carbocycles. The van der Waals surface area contributed by atoms with Crippen molar-refractivity contribution in [1.82, 2.24) is 5.32 Å². The van der Waals surface area contributed by atoms with Crippen LogP contribution in [0, 0.1) is 17.8 Å². The van der Waals surface area contributed by atoms with Gasteiger partial charge in [-0.05, 0) is 23.6 Å². The Morgan fingerprint density at radius 2 is 1.81 bits per heavy atom. The zero-order valence-corrected chi connectivity index (χ0v) is 18.8. The third kappa shape index (κ3) is 3.18. The highest BCUT2D eigenvalue weighted by Gasteiger charge is 2.43. The van der Waals surface area contributed by atoms with Gasteiger partial charge < -0.3 is 15.2 Å². The quantitative estimate of drug-likeness (QED) is 0.600. The third-order valence-electron chi connectivity index (χ3n) is 6.94. The van der Waals surface area contributed by atoms with Crippen LogP contribution in [0.4, 0.5) is 0 Å². The minimum atomic E-state index is -0.357. The topological polar surface area (TPSA) is 53.9 Å². The number of hydrogen-bond donors (Lipinski definition) is 2. The Morgan fingerprint density at radius 1 is 1.03 bits per heavy atom. The highest BCUT2D eigenvalue weighted by molar-refractivity contribution is 8.04. The van der Waals surface area contributed by atoms with E-state index in [0.717, 1.165) is 17.7 Å². The maximum absolute atomic E-state index is 10.5.